The van der Waals surface area contributed by atoms with Crippen LogP contribution in [0.25, 0.3) is 21.5 Å². The number of rotatable bonds is 21. The predicted octanol–water partition coefficient (Wildman–Crippen LogP) is 9.08. The second-order valence-corrected chi connectivity index (χ2v) is 19.6. The van der Waals surface area contributed by atoms with Gasteiger partial charge in [-0.25, -0.2) is 15.8 Å². The molecule has 0 aliphatic rings. The van der Waals surface area contributed by atoms with Crippen molar-refractivity contribution in [2.45, 2.75) is 29.4 Å². The van der Waals surface area contributed by atoms with Gasteiger partial charge < -0.3 is 20.7 Å². The molecule has 10 N–H and O–H groups in total. The molecule has 0 spiro atoms. The number of anilines is 1. The van der Waals surface area contributed by atoms with Crippen LogP contribution >= 0.6 is 36.1 Å². The maximum absolute atomic E-state index is 13.0. The number of nitro benzene ring substituents is 2. The molecule has 0 aromatic heterocycles. The highest BCUT2D eigenvalue weighted by Crippen LogP contribution is 2.52. The van der Waals surface area contributed by atoms with E-state index in [1.165, 1.54) is 0 Å². The number of methoxy groups -OCH3 is 1. The number of hydrogen-bond donors (Lipinski definition) is 9. The van der Waals surface area contributed by atoms with E-state index >= 15 is 0 Å². The predicted molar refractivity (Wildman–Crippen MR) is 242 cm³/mol. The number of ether oxygens (including phenoxy) is 1. The van der Waals surface area contributed by atoms with Gasteiger partial charge >= 0.3 is 0 Å². The van der Waals surface area contributed by atoms with Crippen LogP contribution in [0.2, 0.25) is 0 Å². The Morgan fingerprint density at radius 2 is 1.12 bits per heavy atom. The number of nitro groups is 2. The maximum Gasteiger partial charge on any atom is 0.297 e. The minimum atomic E-state index is -5.63. The second-order valence-electron chi connectivity index (χ2n) is 13.2. The van der Waals surface area contributed by atoms with Gasteiger partial charge in [-0.3, -0.25) is 33.9 Å². The summed E-state index contributed by atoms with van der Waals surface area (Å²) in [4.78, 5) is 16.4. The molecule has 0 bridgehead atoms. The van der Waals surface area contributed by atoms with Crippen molar-refractivity contribution in [3.05, 3.63) is 80.9 Å². The normalized spacial score (nSPS) is 12.5. The highest BCUT2D eigenvalue weighted by Gasteiger charge is 2.30. The number of non-ortho nitro benzene ring substituents is 1. The molecule has 34 nitrogen and oxygen atoms in total. The molecule has 0 fully saturated rings. The SMILES string of the molecule is COc1cc([N+](=O)[O-])c(SOOO)cc1N=Nc1c(SOOO)cc2c(S(=O)(=O)O)cc(N=Nc3ccc4c(O)c(N=Nc5ccc([N+](=O)[O-])cc5SOOO)c(S(=O)(=O)O)cc4c3S(=O)(=O)O)c(N)c2c1O. The Morgan fingerprint density at radius 3 is 1.70 bits per heavy atom. The van der Waals surface area contributed by atoms with Crippen LogP contribution in [-0.2, 0) is 58.5 Å². The van der Waals surface area contributed by atoms with Crippen LogP contribution in [0.1, 0.15) is 0 Å². The molecule has 6 aromatic carbocycles. The van der Waals surface area contributed by atoms with Crippen molar-refractivity contribution in [2.75, 3.05) is 12.8 Å². The van der Waals surface area contributed by atoms with Crippen molar-refractivity contribution in [1.29, 1.82) is 0 Å². The van der Waals surface area contributed by atoms with Crippen molar-refractivity contribution in [1.82, 2.24) is 0 Å². The summed E-state index contributed by atoms with van der Waals surface area (Å²) in [5, 5.41) is 102. The lowest BCUT2D eigenvalue weighted by Crippen LogP contribution is -2.03. The Morgan fingerprint density at radius 1 is 0.562 bits per heavy atom. The van der Waals surface area contributed by atoms with Crippen LogP contribution in [0.5, 0.6) is 17.2 Å². The number of fused-ring (bicyclic) bond motifs is 2. The molecule has 0 amide bonds. The van der Waals surface area contributed by atoms with E-state index in [0.29, 0.717) is 12.1 Å². The monoisotopic (exact) mass is 1140 g/mol. The van der Waals surface area contributed by atoms with Crippen molar-refractivity contribution in [3.63, 3.8) is 0 Å². The summed E-state index contributed by atoms with van der Waals surface area (Å²) in [7, 11) is -15.5. The second kappa shape index (κ2) is 22.4. The standard InChI is InChI=1S/C33H23N9O25S6/c1-61-21-11-20(42(47)48)23(69-66-63-50)9-18(21)37-39-29-24(70-67-64-51)7-15-25(71(52,53)54)10-19(28(34)27(15)32(29)44)38-36-17-5-3-13-14(33(17)73(58,59)60)8-26(72(55,56)57)30(31(13)43)40-35-16-4-2-12(41(45)46)6-22(16)68-65-62-49/h2-11,43-44,49-51H,34H2,1H3,(H,52,53,54)(H,55,56,57)(H,58,59,60). The van der Waals surface area contributed by atoms with Gasteiger partial charge in [-0.15, -0.1) is 43.7 Å². The summed E-state index contributed by atoms with van der Waals surface area (Å²) in [5.41, 5.74) is 0.217. The fourth-order valence-electron chi connectivity index (χ4n) is 6.22. The molecule has 6 aromatic rings. The number of aromatic hydroxyl groups is 2. The summed E-state index contributed by atoms with van der Waals surface area (Å²) < 4.78 is 126. The van der Waals surface area contributed by atoms with E-state index in [-0.39, 0.29) is 63.0 Å². The zero-order valence-electron chi connectivity index (χ0n) is 34.9. The Balaban J connectivity index is 1.56. The zero-order chi connectivity index (χ0) is 53.7. The number of nitrogen functional groups attached to an aromatic ring is 1. The van der Waals surface area contributed by atoms with E-state index in [4.69, 9.17) is 26.2 Å². The maximum atomic E-state index is 13.0. The summed E-state index contributed by atoms with van der Waals surface area (Å²) in [6.45, 7) is 0. The Hall–Kier alpha value is -6.94. The van der Waals surface area contributed by atoms with Crippen LogP contribution < -0.4 is 10.5 Å². The molecule has 73 heavy (non-hydrogen) atoms. The molecule has 40 heteroatoms. The van der Waals surface area contributed by atoms with Gasteiger partial charge in [0.25, 0.3) is 41.7 Å². The van der Waals surface area contributed by atoms with Crippen molar-refractivity contribution >= 4 is 139 Å². The van der Waals surface area contributed by atoms with E-state index in [2.05, 4.69) is 58.8 Å². The molecule has 0 aliphatic heterocycles. The van der Waals surface area contributed by atoms with Gasteiger partial charge in [0.15, 0.2) is 17.2 Å². The molecule has 0 atom stereocenters. The number of hydrogen-bond acceptors (Lipinski definition) is 32. The first-order valence-corrected chi connectivity index (χ1v) is 24.6. The Bertz CT molecular complexity index is 3680. The lowest BCUT2D eigenvalue weighted by atomic mass is 10.0. The highest BCUT2D eigenvalue weighted by atomic mass is 32.2. The average molecular weight is 1140 g/mol. The molecule has 0 saturated heterocycles. The summed E-state index contributed by atoms with van der Waals surface area (Å²) in [6, 6.07) is 7.95. The van der Waals surface area contributed by atoms with E-state index in [1.807, 2.05) is 0 Å². The minimum Gasteiger partial charge on any atom is -0.505 e. The molecular weight excluding hydrogens is 1110 g/mol. The Labute approximate surface area is 416 Å². The number of nitrogens with zero attached hydrogens (tertiary/aromatic N) is 8. The third-order valence-electron chi connectivity index (χ3n) is 9.15. The van der Waals surface area contributed by atoms with E-state index in [1.54, 1.807) is 0 Å². The van der Waals surface area contributed by atoms with Crippen molar-refractivity contribution in [2.24, 2.45) is 30.7 Å². The molecule has 0 aliphatic carbocycles. The van der Waals surface area contributed by atoms with E-state index in [9.17, 15) is 69.4 Å². The van der Waals surface area contributed by atoms with Crippen LogP contribution in [0.3, 0.4) is 0 Å². The third kappa shape index (κ3) is 12.1. The van der Waals surface area contributed by atoms with E-state index < -0.39 is 133 Å². The molecular formula is C33H23N9O25S6. The first-order chi connectivity index (χ1) is 34.4. The smallest absolute Gasteiger partial charge is 0.297 e. The summed E-state index contributed by atoms with van der Waals surface area (Å²) >= 11 is 0.354. The first kappa shape index (κ1) is 55.4. The number of nitrogens with two attached hydrogens (primary N) is 1. The quantitative estimate of drug-likeness (QED) is 0.00616. The van der Waals surface area contributed by atoms with Crippen molar-refractivity contribution < 1.29 is 108 Å². The average Bonchev–Trinajstić information content (AvgIpc) is 3.32. The van der Waals surface area contributed by atoms with Gasteiger partial charge in [-0.05, 0) is 42.5 Å². The number of benzene rings is 6. The molecule has 6 rings (SSSR count). The first-order valence-electron chi connectivity index (χ1n) is 18.1. The van der Waals surface area contributed by atoms with Gasteiger partial charge in [0.05, 0.1) is 80.0 Å². The number of phenols is 2. The van der Waals surface area contributed by atoms with Crippen LogP contribution in [0.15, 0.2) is 121 Å². The van der Waals surface area contributed by atoms with E-state index in [0.717, 1.165) is 55.6 Å². The molecule has 386 valence electrons. The topological polar surface area (TPSA) is 515 Å². The van der Waals surface area contributed by atoms with Crippen LogP contribution in [-0.4, -0.2) is 81.9 Å². The van der Waals surface area contributed by atoms with Gasteiger partial charge in [-0.1, -0.05) is 15.1 Å². The summed E-state index contributed by atoms with van der Waals surface area (Å²) in [5.74, 6) is -2.66. The lowest BCUT2D eigenvalue weighted by molar-refractivity contribution is -0.432. The Kier molecular flexibility index (Phi) is 17.0. The molecule has 0 unspecified atom stereocenters. The molecule has 0 saturated carbocycles. The highest BCUT2D eigenvalue weighted by molar-refractivity contribution is 7.95. The van der Waals surface area contributed by atoms with Gasteiger partial charge in [0.2, 0.25) is 0 Å². The zero-order valence-corrected chi connectivity index (χ0v) is 39.8. The number of azo groups is 3. The molecule has 0 radical (unpaired) electrons. The largest absolute Gasteiger partial charge is 0.505 e. The fraction of sp³-hybridized carbons (Fsp3) is 0.0303. The van der Waals surface area contributed by atoms with Crippen LogP contribution in [0.4, 0.5) is 51.2 Å². The van der Waals surface area contributed by atoms with Crippen LogP contribution in [0, 0.1) is 20.2 Å². The fourth-order valence-corrected chi connectivity index (χ4v) is 9.82. The lowest BCUT2D eigenvalue weighted by Gasteiger charge is -2.15. The van der Waals surface area contributed by atoms with Gasteiger partial charge in [0, 0.05) is 28.3 Å². The van der Waals surface area contributed by atoms with Gasteiger partial charge in [-0.2, -0.15) is 25.3 Å². The van der Waals surface area contributed by atoms with Crippen molar-refractivity contribution in [3.8, 4) is 17.2 Å². The summed E-state index contributed by atoms with van der Waals surface area (Å²) in [6.07, 6.45) is 0. The minimum absolute atomic E-state index is 0.0590. The third-order valence-corrected chi connectivity index (χ3v) is 13.7. The number of phenolic OH excluding ortho intramolecular Hbond substituents is 2. The molecule has 0 heterocycles. The van der Waals surface area contributed by atoms with Gasteiger partial charge in [0.1, 0.15) is 53.7 Å².